The summed E-state index contributed by atoms with van der Waals surface area (Å²) in [6, 6.07) is 9.39. The summed E-state index contributed by atoms with van der Waals surface area (Å²) in [5, 5.41) is 13.4. The maximum absolute atomic E-state index is 11.4. The van der Waals surface area contributed by atoms with E-state index in [-0.39, 0.29) is 5.97 Å². The molecule has 1 aliphatic rings. The lowest BCUT2D eigenvalue weighted by Crippen LogP contribution is -2.33. The van der Waals surface area contributed by atoms with Crippen LogP contribution < -0.4 is 5.32 Å². The van der Waals surface area contributed by atoms with Crippen LogP contribution in [0.2, 0.25) is 0 Å². The summed E-state index contributed by atoms with van der Waals surface area (Å²) >= 11 is 0. The van der Waals surface area contributed by atoms with Crippen LogP contribution in [0.25, 0.3) is 0 Å². The molecule has 2 N–H and O–H groups in total. The van der Waals surface area contributed by atoms with E-state index in [1.165, 1.54) is 7.11 Å². The van der Waals surface area contributed by atoms with Gasteiger partial charge in [-0.05, 0) is 5.56 Å². The van der Waals surface area contributed by atoms with Crippen LogP contribution in [0.5, 0.6) is 0 Å². The van der Waals surface area contributed by atoms with Gasteiger partial charge in [0.05, 0.1) is 12.7 Å². The van der Waals surface area contributed by atoms with Crippen LogP contribution in [-0.2, 0) is 16.0 Å². The molecule has 0 aliphatic carbocycles. The minimum Gasteiger partial charge on any atom is -0.468 e. The van der Waals surface area contributed by atoms with Gasteiger partial charge in [0.15, 0.2) is 0 Å². The fourth-order valence-corrected chi connectivity index (χ4v) is 2.26. The van der Waals surface area contributed by atoms with Crippen molar-refractivity contribution in [3.8, 4) is 0 Å². The van der Waals surface area contributed by atoms with Crippen molar-refractivity contribution in [3.05, 3.63) is 35.9 Å². The monoisotopic (exact) mass is 235 g/mol. The molecule has 2 atom stereocenters. The van der Waals surface area contributed by atoms with Gasteiger partial charge in [-0.2, -0.15) is 0 Å². The van der Waals surface area contributed by atoms with Crippen molar-refractivity contribution < 1.29 is 14.6 Å². The topological polar surface area (TPSA) is 58.6 Å². The Bertz CT molecular complexity index is 393. The molecule has 0 radical (unpaired) electrons. The summed E-state index contributed by atoms with van der Waals surface area (Å²) in [6.45, 7) is 0.418. The highest BCUT2D eigenvalue weighted by Crippen LogP contribution is 2.24. The number of benzene rings is 1. The van der Waals surface area contributed by atoms with E-state index in [4.69, 9.17) is 0 Å². The molecule has 1 aromatic rings. The van der Waals surface area contributed by atoms with Gasteiger partial charge in [-0.3, -0.25) is 4.79 Å². The van der Waals surface area contributed by atoms with Gasteiger partial charge in [0.2, 0.25) is 0 Å². The van der Waals surface area contributed by atoms with Crippen molar-refractivity contribution in [2.45, 2.75) is 24.5 Å². The van der Waals surface area contributed by atoms with Crippen molar-refractivity contribution in [2.75, 3.05) is 13.7 Å². The quantitative estimate of drug-likeness (QED) is 0.749. The molecular weight excluding hydrogens is 218 g/mol. The molecule has 0 unspecified atom stereocenters. The molecule has 1 aromatic carbocycles. The molecule has 0 bridgehead atoms. The Morgan fingerprint density at radius 3 is 2.88 bits per heavy atom. The van der Waals surface area contributed by atoms with Crippen molar-refractivity contribution in [1.29, 1.82) is 0 Å². The maximum Gasteiger partial charge on any atom is 0.322 e. The molecule has 17 heavy (non-hydrogen) atoms. The number of aliphatic hydroxyl groups is 1. The van der Waals surface area contributed by atoms with Gasteiger partial charge in [0.25, 0.3) is 0 Å². The largest absolute Gasteiger partial charge is 0.468 e. The first-order valence-electron chi connectivity index (χ1n) is 5.70. The van der Waals surface area contributed by atoms with Gasteiger partial charge in [0, 0.05) is 19.4 Å². The second kappa shape index (κ2) is 4.85. The van der Waals surface area contributed by atoms with Crippen LogP contribution in [0.4, 0.5) is 0 Å². The SMILES string of the molecule is COC(=O)[C@@H]1C[C@@](O)(Cc2ccccc2)CN1. The predicted molar refractivity (Wildman–Crippen MR) is 63.5 cm³/mol. The third-order valence-corrected chi connectivity index (χ3v) is 3.12. The van der Waals surface area contributed by atoms with E-state index in [9.17, 15) is 9.90 Å². The minimum absolute atomic E-state index is 0.311. The number of β-amino-alcohol motifs (C(OH)–C–C–N with tert-alkyl or cyclic N) is 1. The summed E-state index contributed by atoms with van der Waals surface area (Å²) in [4.78, 5) is 11.4. The summed E-state index contributed by atoms with van der Waals surface area (Å²) in [5.41, 5.74) is 0.211. The molecule has 0 amide bonds. The van der Waals surface area contributed by atoms with E-state index < -0.39 is 11.6 Å². The molecular formula is C13H17NO3. The van der Waals surface area contributed by atoms with Crippen molar-refractivity contribution in [2.24, 2.45) is 0 Å². The molecule has 0 saturated carbocycles. The first-order chi connectivity index (χ1) is 8.13. The van der Waals surface area contributed by atoms with Crippen molar-refractivity contribution in [3.63, 3.8) is 0 Å². The summed E-state index contributed by atoms with van der Waals surface area (Å²) < 4.78 is 4.67. The smallest absolute Gasteiger partial charge is 0.322 e. The Morgan fingerprint density at radius 1 is 1.53 bits per heavy atom. The number of methoxy groups -OCH3 is 1. The van der Waals surface area contributed by atoms with Crippen LogP contribution in [-0.4, -0.2) is 36.4 Å². The standard InChI is InChI=1S/C13H17NO3/c1-17-12(15)11-8-13(16,9-14-11)7-10-5-3-2-4-6-10/h2-6,11,14,16H,7-9H2,1H3/t11-,13-/m0/s1. The number of hydrogen-bond acceptors (Lipinski definition) is 4. The number of hydrogen-bond donors (Lipinski definition) is 2. The van der Waals surface area contributed by atoms with Crippen LogP contribution in [0, 0.1) is 0 Å². The second-order valence-corrected chi connectivity index (χ2v) is 4.55. The highest BCUT2D eigenvalue weighted by molar-refractivity contribution is 5.76. The lowest BCUT2D eigenvalue weighted by atomic mass is 9.92. The van der Waals surface area contributed by atoms with Crippen LogP contribution in [0.3, 0.4) is 0 Å². The molecule has 0 spiro atoms. The summed E-state index contributed by atoms with van der Waals surface area (Å²) in [7, 11) is 1.36. The average molecular weight is 235 g/mol. The maximum atomic E-state index is 11.4. The van der Waals surface area contributed by atoms with E-state index in [0.29, 0.717) is 19.4 Å². The van der Waals surface area contributed by atoms with Gasteiger partial charge >= 0.3 is 5.97 Å². The second-order valence-electron chi connectivity index (χ2n) is 4.55. The number of esters is 1. The number of carbonyl (C=O) groups is 1. The first-order valence-corrected chi connectivity index (χ1v) is 5.70. The molecule has 4 nitrogen and oxygen atoms in total. The normalized spacial score (nSPS) is 28.0. The Hall–Kier alpha value is -1.39. The fourth-order valence-electron chi connectivity index (χ4n) is 2.26. The number of carbonyl (C=O) groups excluding carboxylic acids is 1. The van der Waals surface area contributed by atoms with Crippen molar-refractivity contribution >= 4 is 5.97 Å². The van der Waals surface area contributed by atoms with Gasteiger partial charge in [-0.15, -0.1) is 0 Å². The first kappa shape index (κ1) is 12.1. The third-order valence-electron chi connectivity index (χ3n) is 3.12. The average Bonchev–Trinajstić information content (AvgIpc) is 2.72. The summed E-state index contributed by atoms with van der Waals surface area (Å²) in [5.74, 6) is -0.311. The molecule has 4 heteroatoms. The molecule has 2 rings (SSSR count). The highest BCUT2D eigenvalue weighted by atomic mass is 16.5. The zero-order valence-corrected chi connectivity index (χ0v) is 9.85. The predicted octanol–water partition coefficient (Wildman–Crippen LogP) is 0.495. The van der Waals surface area contributed by atoms with Gasteiger partial charge in [-0.25, -0.2) is 0 Å². The van der Waals surface area contributed by atoms with Crippen molar-refractivity contribution in [1.82, 2.24) is 5.32 Å². The van der Waals surface area contributed by atoms with E-state index in [1.807, 2.05) is 30.3 Å². The summed E-state index contributed by atoms with van der Waals surface area (Å²) in [6.07, 6.45) is 0.947. The lowest BCUT2D eigenvalue weighted by molar-refractivity contribution is -0.143. The van der Waals surface area contributed by atoms with E-state index >= 15 is 0 Å². The number of rotatable bonds is 3. The van der Waals surface area contributed by atoms with Crippen LogP contribution >= 0.6 is 0 Å². The Kier molecular flexibility index (Phi) is 3.45. The molecule has 1 fully saturated rings. The molecule has 92 valence electrons. The van der Waals surface area contributed by atoms with Gasteiger partial charge in [0.1, 0.15) is 6.04 Å². The lowest BCUT2D eigenvalue weighted by Gasteiger charge is -2.21. The Balaban J connectivity index is 2.00. The third kappa shape index (κ3) is 2.84. The number of nitrogens with one attached hydrogen (secondary N) is 1. The highest BCUT2D eigenvalue weighted by Gasteiger charge is 2.40. The molecule has 1 saturated heterocycles. The molecule has 1 aliphatic heterocycles. The van der Waals surface area contributed by atoms with Crippen LogP contribution in [0.15, 0.2) is 30.3 Å². The van der Waals surface area contributed by atoms with Crippen LogP contribution in [0.1, 0.15) is 12.0 Å². The molecule has 1 heterocycles. The zero-order valence-electron chi connectivity index (χ0n) is 9.85. The van der Waals surface area contributed by atoms with Gasteiger partial charge in [-0.1, -0.05) is 30.3 Å². The zero-order chi connectivity index (χ0) is 12.3. The van der Waals surface area contributed by atoms with E-state index in [2.05, 4.69) is 10.1 Å². The molecule has 0 aromatic heterocycles. The fraction of sp³-hybridized carbons (Fsp3) is 0.462. The Labute approximate surface area is 101 Å². The Morgan fingerprint density at radius 2 is 2.24 bits per heavy atom. The van der Waals surface area contributed by atoms with Gasteiger partial charge < -0.3 is 15.2 Å². The number of ether oxygens (including phenoxy) is 1. The van der Waals surface area contributed by atoms with E-state index in [1.54, 1.807) is 0 Å². The minimum atomic E-state index is -0.861. The van der Waals surface area contributed by atoms with E-state index in [0.717, 1.165) is 5.56 Å².